The summed E-state index contributed by atoms with van der Waals surface area (Å²) < 4.78 is 15.9. The summed E-state index contributed by atoms with van der Waals surface area (Å²) in [6.45, 7) is 0.653. The monoisotopic (exact) mass is 353 g/mol. The first kappa shape index (κ1) is 19.2. The van der Waals surface area contributed by atoms with Crippen molar-refractivity contribution in [1.29, 1.82) is 0 Å². The van der Waals surface area contributed by atoms with Gasteiger partial charge in [0.15, 0.2) is 11.5 Å². The largest absolute Gasteiger partial charge is 0.497 e. The average molecular weight is 353 g/mol. The smallest absolute Gasteiger partial charge is 0.220 e. The molecule has 0 heterocycles. The maximum atomic E-state index is 12.1. The van der Waals surface area contributed by atoms with Crippen molar-refractivity contribution in [2.24, 2.45) is 0 Å². The van der Waals surface area contributed by atoms with E-state index in [4.69, 9.17) is 20.6 Å². The molecule has 5 heteroatoms. The van der Waals surface area contributed by atoms with Gasteiger partial charge in [0.05, 0.1) is 14.2 Å². The molecule has 0 bridgehead atoms. The topological polar surface area (TPSA) is 56.8 Å². The van der Waals surface area contributed by atoms with E-state index in [0.29, 0.717) is 30.9 Å². The van der Waals surface area contributed by atoms with Crippen LogP contribution in [-0.2, 0) is 17.8 Å². The average Bonchev–Trinajstić information content (AvgIpc) is 2.69. The molecule has 0 unspecified atom stereocenters. The lowest BCUT2D eigenvalue weighted by atomic mass is 10.1. The van der Waals surface area contributed by atoms with Crippen molar-refractivity contribution in [2.75, 3.05) is 20.8 Å². The van der Waals surface area contributed by atoms with Crippen molar-refractivity contribution < 1.29 is 19.0 Å². The van der Waals surface area contributed by atoms with Gasteiger partial charge in [-0.15, -0.1) is 6.42 Å². The minimum Gasteiger partial charge on any atom is -0.497 e. The fourth-order valence-corrected chi connectivity index (χ4v) is 2.44. The number of terminal acetylenes is 1. The normalized spacial score (nSPS) is 9.88. The second kappa shape index (κ2) is 10.00. The summed E-state index contributed by atoms with van der Waals surface area (Å²) in [6, 6.07) is 13.2. The van der Waals surface area contributed by atoms with Crippen LogP contribution in [0, 0.1) is 12.3 Å². The molecule has 0 spiro atoms. The molecule has 0 atom stereocenters. The maximum absolute atomic E-state index is 12.1. The minimum absolute atomic E-state index is 0.0144. The van der Waals surface area contributed by atoms with Crippen molar-refractivity contribution in [3.63, 3.8) is 0 Å². The number of rotatable bonds is 9. The molecule has 1 amide bonds. The maximum Gasteiger partial charge on any atom is 0.220 e. The predicted molar refractivity (Wildman–Crippen MR) is 100 cm³/mol. The Hall–Kier alpha value is -3.13. The molecule has 2 rings (SSSR count). The molecule has 136 valence electrons. The van der Waals surface area contributed by atoms with E-state index in [-0.39, 0.29) is 12.5 Å². The van der Waals surface area contributed by atoms with Crippen LogP contribution in [0.3, 0.4) is 0 Å². The Morgan fingerprint density at radius 2 is 1.92 bits per heavy atom. The van der Waals surface area contributed by atoms with Crippen LogP contribution in [0.5, 0.6) is 17.2 Å². The van der Waals surface area contributed by atoms with E-state index in [0.717, 1.165) is 16.9 Å². The number of ether oxygens (including phenoxy) is 3. The standard InChI is InChI=1S/C21H23NO4/c1-4-12-26-19-10-8-16(14-20(19)25-3)9-11-21(23)22-15-17-6-5-7-18(13-17)24-2/h1,5-8,10,13-14H,9,11-12,15H2,2-3H3,(H,22,23). The number of aryl methyl sites for hydroxylation is 1. The highest BCUT2D eigenvalue weighted by Gasteiger charge is 2.08. The number of hydrogen-bond acceptors (Lipinski definition) is 4. The quantitative estimate of drug-likeness (QED) is 0.704. The molecule has 2 aromatic rings. The first-order valence-corrected chi connectivity index (χ1v) is 8.29. The fourth-order valence-electron chi connectivity index (χ4n) is 2.44. The van der Waals surface area contributed by atoms with Gasteiger partial charge in [-0.1, -0.05) is 24.1 Å². The van der Waals surface area contributed by atoms with Gasteiger partial charge in [0, 0.05) is 13.0 Å². The highest BCUT2D eigenvalue weighted by molar-refractivity contribution is 5.76. The van der Waals surface area contributed by atoms with Crippen LogP contribution >= 0.6 is 0 Å². The molecule has 5 nitrogen and oxygen atoms in total. The van der Waals surface area contributed by atoms with Crippen LogP contribution in [0.1, 0.15) is 17.5 Å². The molecule has 0 aromatic heterocycles. The molecule has 2 aromatic carbocycles. The third-order valence-electron chi connectivity index (χ3n) is 3.80. The molecular weight excluding hydrogens is 330 g/mol. The van der Waals surface area contributed by atoms with E-state index in [2.05, 4.69) is 11.2 Å². The predicted octanol–water partition coefficient (Wildman–Crippen LogP) is 2.96. The third kappa shape index (κ3) is 5.75. The zero-order valence-electron chi connectivity index (χ0n) is 15.1. The summed E-state index contributed by atoms with van der Waals surface area (Å²) >= 11 is 0. The Morgan fingerprint density at radius 3 is 2.65 bits per heavy atom. The van der Waals surface area contributed by atoms with Gasteiger partial charge in [-0.25, -0.2) is 0 Å². The summed E-state index contributed by atoms with van der Waals surface area (Å²) in [4.78, 5) is 12.1. The lowest BCUT2D eigenvalue weighted by molar-refractivity contribution is -0.121. The van der Waals surface area contributed by atoms with E-state index in [1.165, 1.54) is 0 Å². The van der Waals surface area contributed by atoms with E-state index >= 15 is 0 Å². The van der Waals surface area contributed by atoms with Gasteiger partial charge in [0.1, 0.15) is 12.4 Å². The van der Waals surface area contributed by atoms with Crippen LogP contribution in [0.4, 0.5) is 0 Å². The molecule has 0 saturated heterocycles. The highest BCUT2D eigenvalue weighted by atomic mass is 16.5. The summed E-state index contributed by atoms with van der Waals surface area (Å²) in [6.07, 6.45) is 6.19. The van der Waals surface area contributed by atoms with Gasteiger partial charge >= 0.3 is 0 Å². The van der Waals surface area contributed by atoms with Crippen molar-refractivity contribution in [2.45, 2.75) is 19.4 Å². The van der Waals surface area contributed by atoms with Crippen molar-refractivity contribution in [1.82, 2.24) is 5.32 Å². The van der Waals surface area contributed by atoms with Crippen molar-refractivity contribution in [3.8, 4) is 29.6 Å². The van der Waals surface area contributed by atoms with Crippen LogP contribution in [0.2, 0.25) is 0 Å². The summed E-state index contributed by atoms with van der Waals surface area (Å²) in [5.74, 6) is 4.38. The Labute approximate surface area is 154 Å². The van der Waals surface area contributed by atoms with Gasteiger partial charge in [-0.05, 0) is 41.8 Å². The number of carbonyl (C=O) groups excluding carboxylic acids is 1. The van der Waals surface area contributed by atoms with Gasteiger partial charge in [-0.3, -0.25) is 4.79 Å². The second-order valence-electron chi connectivity index (χ2n) is 5.61. The third-order valence-corrected chi connectivity index (χ3v) is 3.80. The van der Waals surface area contributed by atoms with Gasteiger partial charge in [-0.2, -0.15) is 0 Å². The Kier molecular flexibility index (Phi) is 7.38. The molecule has 0 fully saturated rings. The van der Waals surface area contributed by atoms with Gasteiger partial charge < -0.3 is 19.5 Å². The number of nitrogens with one attached hydrogen (secondary N) is 1. The van der Waals surface area contributed by atoms with E-state index < -0.39 is 0 Å². The van der Waals surface area contributed by atoms with Crippen molar-refractivity contribution in [3.05, 3.63) is 53.6 Å². The molecule has 0 aliphatic carbocycles. The fraction of sp³-hybridized carbons (Fsp3) is 0.286. The number of methoxy groups -OCH3 is 2. The van der Waals surface area contributed by atoms with Crippen LogP contribution in [-0.4, -0.2) is 26.7 Å². The Morgan fingerprint density at radius 1 is 1.08 bits per heavy atom. The zero-order chi connectivity index (χ0) is 18.8. The lowest BCUT2D eigenvalue weighted by Gasteiger charge is -2.11. The molecule has 26 heavy (non-hydrogen) atoms. The van der Waals surface area contributed by atoms with E-state index in [1.807, 2.05) is 36.4 Å². The minimum atomic E-state index is -0.0144. The van der Waals surface area contributed by atoms with E-state index in [1.54, 1.807) is 20.3 Å². The Bertz CT molecular complexity index is 780. The molecule has 1 N–H and O–H groups in total. The summed E-state index contributed by atoms with van der Waals surface area (Å²) in [7, 11) is 3.19. The second-order valence-corrected chi connectivity index (χ2v) is 5.61. The zero-order valence-corrected chi connectivity index (χ0v) is 15.1. The van der Waals surface area contributed by atoms with E-state index in [9.17, 15) is 4.79 Å². The molecule has 0 aliphatic heterocycles. The first-order valence-electron chi connectivity index (χ1n) is 8.29. The van der Waals surface area contributed by atoms with Crippen LogP contribution < -0.4 is 19.5 Å². The highest BCUT2D eigenvalue weighted by Crippen LogP contribution is 2.28. The Balaban J connectivity index is 1.85. The number of benzene rings is 2. The number of carbonyl (C=O) groups is 1. The van der Waals surface area contributed by atoms with Gasteiger partial charge in [0.25, 0.3) is 0 Å². The summed E-state index contributed by atoms with van der Waals surface area (Å²) in [5, 5.41) is 2.92. The summed E-state index contributed by atoms with van der Waals surface area (Å²) in [5.41, 5.74) is 1.99. The molecule has 0 saturated carbocycles. The van der Waals surface area contributed by atoms with Crippen LogP contribution in [0.15, 0.2) is 42.5 Å². The van der Waals surface area contributed by atoms with Gasteiger partial charge in [0.2, 0.25) is 5.91 Å². The number of amides is 1. The number of hydrogen-bond donors (Lipinski definition) is 1. The molecular formula is C21H23NO4. The van der Waals surface area contributed by atoms with Crippen LogP contribution in [0.25, 0.3) is 0 Å². The molecule has 0 aliphatic rings. The van der Waals surface area contributed by atoms with Crippen molar-refractivity contribution >= 4 is 5.91 Å². The lowest BCUT2D eigenvalue weighted by Crippen LogP contribution is -2.23. The first-order chi connectivity index (χ1) is 12.7. The SMILES string of the molecule is C#CCOc1ccc(CCC(=O)NCc2cccc(OC)c2)cc1OC. The molecule has 0 radical (unpaired) electrons.